The van der Waals surface area contributed by atoms with Gasteiger partial charge < -0.3 is 9.73 Å². The standard InChI is InChI=1S/C18H15ClN2O2/c1-12-15(18(22)21-11-13-6-8-20-9-7-13)10-17(23-12)14-4-2-3-5-16(14)19/h2-10H,11H2,1H3,(H,21,22). The molecule has 1 N–H and O–H groups in total. The third-order valence-corrected chi connectivity index (χ3v) is 3.83. The van der Waals surface area contributed by atoms with Crippen LogP contribution in [0.3, 0.4) is 0 Å². The molecule has 0 radical (unpaired) electrons. The van der Waals surface area contributed by atoms with Crippen LogP contribution in [-0.4, -0.2) is 10.9 Å². The lowest BCUT2D eigenvalue weighted by atomic mass is 10.1. The number of rotatable bonds is 4. The van der Waals surface area contributed by atoms with E-state index in [1.807, 2.05) is 30.3 Å². The van der Waals surface area contributed by atoms with Crippen LogP contribution in [-0.2, 0) is 6.54 Å². The SMILES string of the molecule is Cc1oc(-c2ccccc2Cl)cc1C(=O)NCc1ccncc1. The fourth-order valence-electron chi connectivity index (χ4n) is 2.28. The predicted octanol–water partition coefficient (Wildman–Crippen LogP) is 4.23. The van der Waals surface area contributed by atoms with Gasteiger partial charge in [-0.15, -0.1) is 0 Å². The van der Waals surface area contributed by atoms with Crippen LogP contribution in [0.25, 0.3) is 11.3 Å². The number of halogens is 1. The topological polar surface area (TPSA) is 55.1 Å². The highest BCUT2D eigenvalue weighted by Gasteiger charge is 2.17. The molecule has 0 spiro atoms. The van der Waals surface area contributed by atoms with Crippen molar-refractivity contribution < 1.29 is 9.21 Å². The summed E-state index contributed by atoms with van der Waals surface area (Å²) in [6.45, 7) is 2.20. The number of furan rings is 1. The maximum absolute atomic E-state index is 12.3. The monoisotopic (exact) mass is 326 g/mol. The summed E-state index contributed by atoms with van der Waals surface area (Å²) >= 11 is 6.17. The number of nitrogens with one attached hydrogen (secondary N) is 1. The molecule has 0 fully saturated rings. The van der Waals surface area contributed by atoms with E-state index in [0.29, 0.717) is 28.7 Å². The lowest BCUT2D eigenvalue weighted by molar-refractivity contribution is 0.0949. The third-order valence-electron chi connectivity index (χ3n) is 3.50. The average Bonchev–Trinajstić information content (AvgIpc) is 2.96. The van der Waals surface area contributed by atoms with E-state index in [4.69, 9.17) is 16.0 Å². The summed E-state index contributed by atoms with van der Waals surface area (Å²) in [5.41, 5.74) is 2.26. The van der Waals surface area contributed by atoms with Gasteiger partial charge in [0, 0.05) is 24.5 Å². The minimum absolute atomic E-state index is 0.179. The molecule has 0 saturated heterocycles. The van der Waals surface area contributed by atoms with Crippen LogP contribution in [0.15, 0.2) is 59.3 Å². The first-order valence-corrected chi connectivity index (χ1v) is 7.55. The molecule has 1 amide bonds. The van der Waals surface area contributed by atoms with E-state index in [1.165, 1.54) is 0 Å². The lowest BCUT2D eigenvalue weighted by Gasteiger charge is -2.03. The van der Waals surface area contributed by atoms with Crippen molar-refractivity contribution >= 4 is 17.5 Å². The molecule has 1 aromatic carbocycles. The van der Waals surface area contributed by atoms with Crippen molar-refractivity contribution in [2.45, 2.75) is 13.5 Å². The Balaban J connectivity index is 1.78. The Labute approximate surface area is 139 Å². The van der Waals surface area contributed by atoms with Gasteiger partial charge in [0.05, 0.1) is 10.6 Å². The summed E-state index contributed by atoms with van der Waals surface area (Å²) in [4.78, 5) is 16.3. The van der Waals surface area contributed by atoms with Gasteiger partial charge in [0.15, 0.2) is 0 Å². The molecule has 0 bridgehead atoms. The molecular weight excluding hydrogens is 312 g/mol. The van der Waals surface area contributed by atoms with Crippen molar-refractivity contribution in [3.63, 3.8) is 0 Å². The summed E-state index contributed by atoms with van der Waals surface area (Å²) in [5, 5.41) is 3.46. The highest BCUT2D eigenvalue weighted by atomic mass is 35.5. The quantitative estimate of drug-likeness (QED) is 0.780. The second-order valence-electron chi connectivity index (χ2n) is 5.10. The molecule has 2 heterocycles. The van der Waals surface area contributed by atoms with E-state index in [2.05, 4.69) is 10.3 Å². The van der Waals surface area contributed by atoms with Gasteiger partial charge in [-0.2, -0.15) is 0 Å². The number of hydrogen-bond acceptors (Lipinski definition) is 3. The minimum Gasteiger partial charge on any atom is -0.460 e. The zero-order valence-corrected chi connectivity index (χ0v) is 13.3. The fraction of sp³-hybridized carbons (Fsp3) is 0.111. The lowest BCUT2D eigenvalue weighted by Crippen LogP contribution is -2.22. The number of aromatic nitrogens is 1. The number of carbonyl (C=O) groups excluding carboxylic acids is 1. The van der Waals surface area contributed by atoms with Crippen molar-refractivity contribution in [1.82, 2.24) is 10.3 Å². The van der Waals surface area contributed by atoms with Gasteiger partial charge in [0.25, 0.3) is 5.91 Å². The van der Waals surface area contributed by atoms with E-state index in [0.717, 1.165) is 11.1 Å². The molecule has 0 saturated carbocycles. The maximum Gasteiger partial charge on any atom is 0.255 e. The van der Waals surface area contributed by atoms with Crippen LogP contribution in [0.5, 0.6) is 0 Å². The molecule has 2 aromatic heterocycles. The van der Waals surface area contributed by atoms with Crippen LogP contribution in [0.4, 0.5) is 0 Å². The Morgan fingerprint density at radius 3 is 2.70 bits per heavy atom. The van der Waals surface area contributed by atoms with E-state index in [1.54, 1.807) is 31.5 Å². The van der Waals surface area contributed by atoms with Crippen LogP contribution in [0.1, 0.15) is 21.7 Å². The van der Waals surface area contributed by atoms with Gasteiger partial charge >= 0.3 is 0 Å². The molecule has 23 heavy (non-hydrogen) atoms. The predicted molar refractivity (Wildman–Crippen MR) is 89.3 cm³/mol. The molecule has 4 nitrogen and oxygen atoms in total. The van der Waals surface area contributed by atoms with Crippen molar-refractivity contribution in [1.29, 1.82) is 0 Å². The minimum atomic E-state index is -0.179. The average molecular weight is 327 g/mol. The smallest absolute Gasteiger partial charge is 0.255 e. The second kappa shape index (κ2) is 6.67. The fourth-order valence-corrected chi connectivity index (χ4v) is 2.51. The van der Waals surface area contributed by atoms with Crippen LogP contribution < -0.4 is 5.32 Å². The van der Waals surface area contributed by atoms with E-state index < -0.39 is 0 Å². The van der Waals surface area contributed by atoms with Crippen LogP contribution in [0, 0.1) is 6.92 Å². The molecule has 0 aliphatic rings. The Morgan fingerprint density at radius 1 is 1.22 bits per heavy atom. The Bertz CT molecular complexity index is 828. The van der Waals surface area contributed by atoms with Gasteiger partial charge in [-0.05, 0) is 42.8 Å². The van der Waals surface area contributed by atoms with Crippen molar-refractivity contribution in [2.75, 3.05) is 0 Å². The molecule has 0 aliphatic carbocycles. The summed E-state index contributed by atoms with van der Waals surface area (Å²) in [7, 11) is 0. The molecule has 0 aliphatic heterocycles. The van der Waals surface area contributed by atoms with E-state index >= 15 is 0 Å². The second-order valence-corrected chi connectivity index (χ2v) is 5.51. The Morgan fingerprint density at radius 2 is 1.96 bits per heavy atom. The molecule has 3 rings (SSSR count). The normalized spacial score (nSPS) is 10.5. The third kappa shape index (κ3) is 3.43. The first kappa shape index (κ1) is 15.3. The van der Waals surface area contributed by atoms with Gasteiger partial charge in [-0.25, -0.2) is 0 Å². The van der Waals surface area contributed by atoms with E-state index in [-0.39, 0.29) is 5.91 Å². The highest BCUT2D eigenvalue weighted by molar-refractivity contribution is 6.33. The molecule has 5 heteroatoms. The largest absolute Gasteiger partial charge is 0.460 e. The highest BCUT2D eigenvalue weighted by Crippen LogP contribution is 2.30. The Hall–Kier alpha value is -2.59. The van der Waals surface area contributed by atoms with Gasteiger partial charge in [-0.3, -0.25) is 9.78 Å². The molecule has 0 atom stereocenters. The number of pyridine rings is 1. The number of carbonyl (C=O) groups is 1. The zero-order chi connectivity index (χ0) is 16.2. The zero-order valence-electron chi connectivity index (χ0n) is 12.5. The first-order valence-electron chi connectivity index (χ1n) is 7.17. The molecule has 0 unspecified atom stereocenters. The summed E-state index contributed by atoms with van der Waals surface area (Å²) in [5.74, 6) is 0.968. The molecular formula is C18H15ClN2O2. The Kier molecular flexibility index (Phi) is 4.44. The van der Waals surface area contributed by atoms with Crippen molar-refractivity contribution in [3.8, 4) is 11.3 Å². The van der Waals surface area contributed by atoms with E-state index in [9.17, 15) is 4.79 Å². The summed E-state index contributed by atoms with van der Waals surface area (Å²) in [6.07, 6.45) is 3.39. The summed E-state index contributed by atoms with van der Waals surface area (Å²) < 4.78 is 5.70. The number of amides is 1. The molecule has 3 aromatic rings. The van der Waals surface area contributed by atoms with Crippen molar-refractivity contribution in [2.24, 2.45) is 0 Å². The van der Waals surface area contributed by atoms with Crippen molar-refractivity contribution in [3.05, 3.63) is 76.8 Å². The molecule has 116 valence electrons. The maximum atomic E-state index is 12.3. The number of nitrogens with zero attached hydrogens (tertiary/aromatic N) is 1. The van der Waals surface area contributed by atoms with Gasteiger partial charge in [0.2, 0.25) is 0 Å². The van der Waals surface area contributed by atoms with Crippen LogP contribution in [0.2, 0.25) is 5.02 Å². The van der Waals surface area contributed by atoms with Gasteiger partial charge in [-0.1, -0.05) is 23.7 Å². The number of benzene rings is 1. The number of hydrogen-bond donors (Lipinski definition) is 1. The summed E-state index contributed by atoms with van der Waals surface area (Å²) in [6, 6.07) is 12.8. The number of aryl methyl sites for hydroxylation is 1. The van der Waals surface area contributed by atoms with Crippen LogP contribution >= 0.6 is 11.6 Å². The first-order chi connectivity index (χ1) is 11.1. The van der Waals surface area contributed by atoms with Gasteiger partial charge in [0.1, 0.15) is 11.5 Å².